The Morgan fingerprint density at radius 3 is 2.67 bits per heavy atom. The van der Waals surface area contributed by atoms with Gasteiger partial charge in [0.2, 0.25) is 0 Å². The predicted octanol–water partition coefficient (Wildman–Crippen LogP) is 1.23. The third-order valence-corrected chi connectivity index (χ3v) is 4.22. The molecular formula is C12H24N2O. The molecule has 2 aliphatic heterocycles. The van der Waals surface area contributed by atoms with Crippen molar-refractivity contribution in [2.75, 3.05) is 32.8 Å². The highest BCUT2D eigenvalue weighted by molar-refractivity contribution is 4.89. The smallest absolute Gasteiger partial charge is 0.0472 e. The minimum atomic E-state index is 0.344. The molecule has 0 saturated carbocycles. The third-order valence-electron chi connectivity index (χ3n) is 4.22. The summed E-state index contributed by atoms with van der Waals surface area (Å²) in [5, 5.41) is 0. The van der Waals surface area contributed by atoms with Crippen LogP contribution in [0.3, 0.4) is 0 Å². The van der Waals surface area contributed by atoms with Crippen molar-refractivity contribution >= 4 is 0 Å². The van der Waals surface area contributed by atoms with Gasteiger partial charge in [-0.15, -0.1) is 0 Å². The Morgan fingerprint density at radius 2 is 2.13 bits per heavy atom. The number of rotatable bonds is 3. The van der Waals surface area contributed by atoms with E-state index in [1.54, 1.807) is 0 Å². The van der Waals surface area contributed by atoms with Gasteiger partial charge in [-0.05, 0) is 51.1 Å². The van der Waals surface area contributed by atoms with E-state index >= 15 is 0 Å². The van der Waals surface area contributed by atoms with Crippen LogP contribution in [0.2, 0.25) is 0 Å². The van der Waals surface area contributed by atoms with Crippen LogP contribution in [-0.4, -0.2) is 43.8 Å². The molecule has 0 radical (unpaired) electrons. The second kappa shape index (κ2) is 4.81. The summed E-state index contributed by atoms with van der Waals surface area (Å²) < 4.78 is 5.44. The van der Waals surface area contributed by atoms with Crippen molar-refractivity contribution < 1.29 is 4.74 Å². The summed E-state index contributed by atoms with van der Waals surface area (Å²) in [5.74, 6) is 0. The van der Waals surface area contributed by atoms with Crippen molar-refractivity contribution in [1.82, 2.24) is 4.90 Å². The zero-order valence-corrected chi connectivity index (χ0v) is 9.87. The second-order valence-electron chi connectivity index (χ2n) is 5.28. The van der Waals surface area contributed by atoms with Crippen molar-refractivity contribution in [1.29, 1.82) is 0 Å². The van der Waals surface area contributed by atoms with Crippen molar-refractivity contribution in [2.45, 2.75) is 38.6 Å². The Kier molecular flexibility index (Phi) is 3.65. The van der Waals surface area contributed by atoms with E-state index in [0.29, 0.717) is 5.41 Å². The van der Waals surface area contributed by atoms with Crippen molar-refractivity contribution in [3.8, 4) is 0 Å². The number of hydrogen-bond donors (Lipinski definition) is 1. The third kappa shape index (κ3) is 2.52. The lowest BCUT2D eigenvalue weighted by Gasteiger charge is -2.40. The van der Waals surface area contributed by atoms with Gasteiger partial charge >= 0.3 is 0 Å². The fourth-order valence-electron chi connectivity index (χ4n) is 2.89. The molecule has 0 aliphatic carbocycles. The number of likely N-dealkylation sites (tertiary alicyclic amines) is 1. The Morgan fingerprint density at radius 1 is 1.40 bits per heavy atom. The van der Waals surface area contributed by atoms with E-state index in [4.69, 9.17) is 10.5 Å². The van der Waals surface area contributed by atoms with Crippen molar-refractivity contribution in [3.63, 3.8) is 0 Å². The first-order chi connectivity index (χ1) is 7.26. The number of ether oxygens (including phenoxy) is 1. The first-order valence-electron chi connectivity index (χ1n) is 6.28. The Labute approximate surface area is 93.0 Å². The molecule has 0 aromatic heterocycles. The van der Waals surface area contributed by atoms with Crippen LogP contribution >= 0.6 is 0 Å². The molecule has 1 atom stereocenters. The van der Waals surface area contributed by atoms with Crippen LogP contribution in [0.15, 0.2) is 0 Å². The van der Waals surface area contributed by atoms with Crippen LogP contribution < -0.4 is 5.73 Å². The quantitative estimate of drug-likeness (QED) is 0.764. The molecule has 0 bridgehead atoms. The van der Waals surface area contributed by atoms with Crippen LogP contribution in [0.25, 0.3) is 0 Å². The van der Waals surface area contributed by atoms with Gasteiger partial charge in [-0.2, -0.15) is 0 Å². The van der Waals surface area contributed by atoms with Crippen molar-refractivity contribution in [3.05, 3.63) is 0 Å². The first kappa shape index (κ1) is 11.4. The van der Waals surface area contributed by atoms with E-state index < -0.39 is 0 Å². The summed E-state index contributed by atoms with van der Waals surface area (Å²) in [6.07, 6.45) is 5.01. The molecule has 88 valence electrons. The van der Waals surface area contributed by atoms with E-state index in [0.717, 1.165) is 38.6 Å². The monoisotopic (exact) mass is 212 g/mol. The summed E-state index contributed by atoms with van der Waals surface area (Å²) in [5.41, 5.74) is 6.32. The lowest BCUT2D eigenvalue weighted by Crippen LogP contribution is -2.46. The molecule has 3 heteroatoms. The molecule has 15 heavy (non-hydrogen) atoms. The molecule has 0 aromatic carbocycles. The lowest BCUT2D eigenvalue weighted by atomic mass is 9.79. The standard InChI is InChI=1S/C12H24N2O/c1-11-3-2-6-14(11)10-12(9-13)4-7-15-8-5-12/h11H,2-10,13H2,1H3. The molecule has 0 amide bonds. The second-order valence-corrected chi connectivity index (χ2v) is 5.28. The molecule has 2 aliphatic rings. The minimum Gasteiger partial charge on any atom is -0.381 e. The molecule has 0 aromatic rings. The van der Waals surface area contributed by atoms with E-state index in [1.807, 2.05) is 0 Å². The van der Waals surface area contributed by atoms with Crippen LogP contribution in [0, 0.1) is 5.41 Å². The van der Waals surface area contributed by atoms with Crippen LogP contribution in [0.1, 0.15) is 32.6 Å². The highest BCUT2D eigenvalue weighted by atomic mass is 16.5. The fraction of sp³-hybridized carbons (Fsp3) is 1.00. The Bertz CT molecular complexity index is 202. The molecule has 2 fully saturated rings. The zero-order chi connectivity index (χ0) is 10.7. The van der Waals surface area contributed by atoms with E-state index in [9.17, 15) is 0 Å². The SMILES string of the molecule is CC1CCCN1CC1(CN)CCOCC1. The van der Waals surface area contributed by atoms with Gasteiger partial charge in [0.05, 0.1) is 0 Å². The molecule has 3 nitrogen and oxygen atoms in total. The molecule has 1 unspecified atom stereocenters. The molecule has 0 spiro atoms. The molecule has 2 N–H and O–H groups in total. The van der Waals surface area contributed by atoms with Gasteiger partial charge in [-0.25, -0.2) is 0 Å². The van der Waals surface area contributed by atoms with Crippen LogP contribution in [0.5, 0.6) is 0 Å². The van der Waals surface area contributed by atoms with Gasteiger partial charge in [-0.1, -0.05) is 0 Å². The zero-order valence-electron chi connectivity index (χ0n) is 9.87. The summed E-state index contributed by atoms with van der Waals surface area (Å²) in [6.45, 7) is 7.42. The molecule has 2 saturated heterocycles. The number of nitrogens with zero attached hydrogens (tertiary/aromatic N) is 1. The lowest BCUT2D eigenvalue weighted by molar-refractivity contribution is -0.00120. The maximum atomic E-state index is 5.98. The summed E-state index contributed by atoms with van der Waals surface area (Å²) in [6, 6.07) is 0.760. The van der Waals surface area contributed by atoms with Crippen molar-refractivity contribution in [2.24, 2.45) is 11.1 Å². The van der Waals surface area contributed by atoms with Gasteiger partial charge in [0.1, 0.15) is 0 Å². The fourth-order valence-corrected chi connectivity index (χ4v) is 2.89. The highest BCUT2D eigenvalue weighted by Crippen LogP contribution is 2.32. The van der Waals surface area contributed by atoms with Gasteiger partial charge in [0, 0.05) is 25.8 Å². The van der Waals surface area contributed by atoms with E-state index in [2.05, 4.69) is 11.8 Å². The summed E-state index contributed by atoms with van der Waals surface area (Å²) in [7, 11) is 0. The minimum absolute atomic E-state index is 0.344. The predicted molar refractivity (Wildman–Crippen MR) is 61.8 cm³/mol. The largest absolute Gasteiger partial charge is 0.381 e. The van der Waals surface area contributed by atoms with Gasteiger partial charge in [-0.3, -0.25) is 0 Å². The van der Waals surface area contributed by atoms with Gasteiger partial charge < -0.3 is 15.4 Å². The summed E-state index contributed by atoms with van der Waals surface area (Å²) >= 11 is 0. The molecule has 2 rings (SSSR count). The highest BCUT2D eigenvalue weighted by Gasteiger charge is 2.35. The maximum Gasteiger partial charge on any atom is 0.0472 e. The molecular weight excluding hydrogens is 188 g/mol. The van der Waals surface area contributed by atoms with E-state index in [-0.39, 0.29) is 0 Å². The molecule has 2 heterocycles. The Balaban J connectivity index is 1.94. The number of nitrogens with two attached hydrogens (primary N) is 1. The average Bonchev–Trinajstić information content (AvgIpc) is 2.66. The normalized spacial score (nSPS) is 32.0. The number of hydrogen-bond acceptors (Lipinski definition) is 3. The first-order valence-corrected chi connectivity index (χ1v) is 6.28. The topological polar surface area (TPSA) is 38.5 Å². The van der Waals surface area contributed by atoms with Gasteiger partial charge in [0.15, 0.2) is 0 Å². The summed E-state index contributed by atoms with van der Waals surface area (Å²) in [4.78, 5) is 2.62. The maximum absolute atomic E-state index is 5.98. The Hall–Kier alpha value is -0.120. The van der Waals surface area contributed by atoms with Crippen LogP contribution in [0.4, 0.5) is 0 Å². The average molecular weight is 212 g/mol. The van der Waals surface area contributed by atoms with Gasteiger partial charge in [0.25, 0.3) is 0 Å². The van der Waals surface area contributed by atoms with E-state index in [1.165, 1.54) is 25.9 Å². The van der Waals surface area contributed by atoms with Crippen LogP contribution in [-0.2, 0) is 4.74 Å².